The second kappa shape index (κ2) is 11.6. The number of carbonyl (C=O) groups is 3. The molecule has 0 heterocycles. The molecule has 4 N–H and O–H groups in total. The van der Waals surface area contributed by atoms with Crippen LogP contribution in [-0.4, -0.2) is 53.5 Å². The highest BCUT2D eigenvalue weighted by Gasteiger charge is 2.30. The van der Waals surface area contributed by atoms with Crippen molar-refractivity contribution >= 4 is 18.0 Å². The summed E-state index contributed by atoms with van der Waals surface area (Å²) in [5.74, 6) is -1.55. The van der Waals surface area contributed by atoms with Crippen LogP contribution in [0.5, 0.6) is 5.75 Å². The van der Waals surface area contributed by atoms with Gasteiger partial charge in [-0.2, -0.15) is 0 Å². The van der Waals surface area contributed by atoms with Crippen molar-refractivity contribution in [3.63, 3.8) is 0 Å². The van der Waals surface area contributed by atoms with E-state index in [0.717, 1.165) is 5.56 Å². The molecule has 3 atom stereocenters. The van der Waals surface area contributed by atoms with Crippen molar-refractivity contribution in [2.24, 2.45) is 0 Å². The van der Waals surface area contributed by atoms with Crippen LogP contribution in [-0.2, 0) is 27.4 Å². The second-order valence-corrected chi connectivity index (χ2v) is 6.88. The molecule has 0 fully saturated rings. The highest BCUT2D eigenvalue weighted by atomic mass is 16.5. The molecule has 0 bridgehead atoms. The van der Waals surface area contributed by atoms with Gasteiger partial charge in [-0.3, -0.25) is 4.79 Å². The van der Waals surface area contributed by atoms with Crippen molar-refractivity contribution in [1.29, 1.82) is 0 Å². The topological polar surface area (TPSA) is 134 Å². The Morgan fingerprint density at radius 2 is 1.68 bits per heavy atom. The Morgan fingerprint density at radius 3 is 2.29 bits per heavy atom. The van der Waals surface area contributed by atoms with E-state index in [4.69, 9.17) is 9.47 Å². The number of aliphatic hydroxyl groups is 1. The third kappa shape index (κ3) is 7.63. The van der Waals surface area contributed by atoms with Gasteiger partial charge in [0.2, 0.25) is 5.91 Å². The number of aliphatic hydroxyl groups excluding tert-OH is 1. The SMILES string of the molecule is COc1cccc(C[C@@H](NC(=O)[C@@H](NC(=O)OCc2ccccc2)[C@@H](C)O)C(=O)O)c1. The van der Waals surface area contributed by atoms with Gasteiger partial charge in [-0.25, -0.2) is 9.59 Å². The van der Waals surface area contributed by atoms with Crippen molar-refractivity contribution in [2.75, 3.05) is 7.11 Å². The molecule has 2 amide bonds. The molecule has 0 aliphatic carbocycles. The zero-order chi connectivity index (χ0) is 22.8. The average Bonchev–Trinajstić information content (AvgIpc) is 2.76. The lowest BCUT2D eigenvalue weighted by Crippen LogP contribution is -2.56. The lowest BCUT2D eigenvalue weighted by atomic mass is 10.0. The number of methoxy groups -OCH3 is 1. The maximum absolute atomic E-state index is 12.6. The minimum absolute atomic E-state index is 0.0107. The molecule has 31 heavy (non-hydrogen) atoms. The normalized spacial score (nSPS) is 13.4. The number of hydrogen-bond donors (Lipinski definition) is 4. The number of ether oxygens (including phenoxy) is 2. The lowest BCUT2D eigenvalue weighted by Gasteiger charge is -2.23. The first-order valence-corrected chi connectivity index (χ1v) is 9.61. The standard InChI is InChI=1S/C22H26N2O7/c1-14(25)19(24-22(29)31-13-15-7-4-3-5-8-15)20(26)23-18(21(27)28)12-16-9-6-10-17(11-16)30-2/h3-11,14,18-19,25H,12-13H2,1-2H3,(H,23,26)(H,24,29)(H,27,28)/t14-,18-,19+/m1/s1. The van der Waals surface area contributed by atoms with Crippen LogP contribution in [0.15, 0.2) is 54.6 Å². The Bertz CT molecular complexity index is 886. The van der Waals surface area contributed by atoms with Gasteiger partial charge in [0, 0.05) is 6.42 Å². The Balaban J connectivity index is 1.99. The molecule has 0 unspecified atom stereocenters. The second-order valence-electron chi connectivity index (χ2n) is 6.88. The summed E-state index contributed by atoms with van der Waals surface area (Å²) < 4.78 is 10.2. The molecule has 166 valence electrons. The number of nitrogens with one attached hydrogen (secondary N) is 2. The fourth-order valence-electron chi connectivity index (χ4n) is 2.79. The predicted octanol–water partition coefficient (Wildman–Crippen LogP) is 1.48. The summed E-state index contributed by atoms with van der Waals surface area (Å²) in [6, 6.07) is 13.0. The number of carbonyl (C=O) groups excluding carboxylic acids is 2. The van der Waals surface area contributed by atoms with E-state index >= 15 is 0 Å². The van der Waals surface area contributed by atoms with Crippen LogP contribution in [0.2, 0.25) is 0 Å². The van der Waals surface area contributed by atoms with E-state index in [-0.39, 0.29) is 13.0 Å². The molecule has 0 saturated heterocycles. The quantitative estimate of drug-likeness (QED) is 0.449. The number of carboxylic acids is 1. The molecule has 0 spiro atoms. The molecule has 0 aliphatic heterocycles. The van der Waals surface area contributed by atoms with Gasteiger partial charge >= 0.3 is 12.1 Å². The van der Waals surface area contributed by atoms with E-state index < -0.39 is 36.2 Å². The zero-order valence-corrected chi connectivity index (χ0v) is 17.3. The number of benzene rings is 2. The summed E-state index contributed by atoms with van der Waals surface area (Å²) in [5.41, 5.74) is 1.39. The number of amides is 2. The van der Waals surface area contributed by atoms with Gasteiger partial charge in [-0.15, -0.1) is 0 Å². The van der Waals surface area contributed by atoms with E-state index in [1.165, 1.54) is 14.0 Å². The summed E-state index contributed by atoms with van der Waals surface area (Å²) in [6.07, 6.45) is -2.20. The third-order valence-electron chi connectivity index (χ3n) is 4.44. The van der Waals surface area contributed by atoms with Crippen LogP contribution in [0.3, 0.4) is 0 Å². The summed E-state index contributed by atoms with van der Waals surface area (Å²) in [4.78, 5) is 36.3. The van der Waals surface area contributed by atoms with Crippen LogP contribution in [0.1, 0.15) is 18.1 Å². The molecule has 2 aromatic rings. The van der Waals surface area contributed by atoms with Gasteiger partial charge in [-0.05, 0) is 30.2 Å². The lowest BCUT2D eigenvalue weighted by molar-refractivity contribution is -0.142. The Hall–Kier alpha value is -3.59. The van der Waals surface area contributed by atoms with Crippen molar-refractivity contribution in [1.82, 2.24) is 10.6 Å². The highest BCUT2D eigenvalue weighted by Crippen LogP contribution is 2.14. The zero-order valence-electron chi connectivity index (χ0n) is 17.3. The Morgan fingerprint density at radius 1 is 1.00 bits per heavy atom. The van der Waals surface area contributed by atoms with E-state index in [2.05, 4.69) is 10.6 Å². The first-order chi connectivity index (χ1) is 14.8. The minimum atomic E-state index is -1.39. The molecular weight excluding hydrogens is 404 g/mol. The van der Waals surface area contributed by atoms with Gasteiger partial charge in [0.05, 0.1) is 13.2 Å². The molecule has 0 aromatic heterocycles. The van der Waals surface area contributed by atoms with Crippen molar-refractivity contribution < 1.29 is 34.1 Å². The highest BCUT2D eigenvalue weighted by molar-refractivity contribution is 5.89. The van der Waals surface area contributed by atoms with Gasteiger partial charge in [0.25, 0.3) is 0 Å². The van der Waals surface area contributed by atoms with E-state index in [9.17, 15) is 24.6 Å². The van der Waals surface area contributed by atoms with E-state index in [1.807, 2.05) is 6.07 Å². The molecule has 0 saturated carbocycles. The molecule has 2 aromatic carbocycles. The fourth-order valence-corrected chi connectivity index (χ4v) is 2.79. The summed E-state index contributed by atoms with van der Waals surface area (Å²) in [7, 11) is 1.49. The first-order valence-electron chi connectivity index (χ1n) is 9.61. The van der Waals surface area contributed by atoms with Gasteiger partial charge < -0.3 is 30.3 Å². The molecule has 0 aliphatic rings. The van der Waals surface area contributed by atoms with E-state index in [1.54, 1.807) is 48.5 Å². The fraction of sp³-hybridized carbons (Fsp3) is 0.318. The number of rotatable bonds is 10. The number of aliphatic carboxylic acids is 1. The third-order valence-corrected chi connectivity index (χ3v) is 4.44. The van der Waals surface area contributed by atoms with Gasteiger partial charge in [0.1, 0.15) is 24.4 Å². The monoisotopic (exact) mass is 430 g/mol. The average molecular weight is 430 g/mol. The first kappa shape index (κ1) is 23.7. The Kier molecular flexibility index (Phi) is 8.83. The molecular formula is C22H26N2O7. The molecule has 9 heteroatoms. The van der Waals surface area contributed by atoms with Crippen molar-refractivity contribution in [3.05, 3.63) is 65.7 Å². The number of hydrogen-bond acceptors (Lipinski definition) is 6. The number of alkyl carbamates (subject to hydrolysis) is 1. The van der Waals surface area contributed by atoms with Gasteiger partial charge in [0.15, 0.2) is 0 Å². The summed E-state index contributed by atoms with van der Waals surface area (Å²) in [6.45, 7) is 1.29. The summed E-state index contributed by atoms with van der Waals surface area (Å²) >= 11 is 0. The van der Waals surface area contributed by atoms with Crippen molar-refractivity contribution in [3.8, 4) is 5.75 Å². The van der Waals surface area contributed by atoms with Gasteiger partial charge in [-0.1, -0.05) is 42.5 Å². The molecule has 0 radical (unpaired) electrons. The minimum Gasteiger partial charge on any atom is -0.497 e. The maximum Gasteiger partial charge on any atom is 0.408 e. The van der Waals surface area contributed by atoms with Crippen LogP contribution < -0.4 is 15.4 Å². The summed E-state index contributed by atoms with van der Waals surface area (Å²) in [5, 5.41) is 24.1. The predicted molar refractivity (Wildman–Crippen MR) is 111 cm³/mol. The Labute approximate surface area is 180 Å². The molecule has 9 nitrogen and oxygen atoms in total. The van der Waals surface area contributed by atoms with E-state index in [0.29, 0.717) is 11.3 Å². The largest absolute Gasteiger partial charge is 0.497 e. The van der Waals surface area contributed by atoms with Crippen LogP contribution in [0.4, 0.5) is 4.79 Å². The van der Waals surface area contributed by atoms with Crippen LogP contribution in [0, 0.1) is 0 Å². The number of carboxylic acid groups (broad SMARTS) is 1. The molecule has 2 rings (SSSR count). The maximum atomic E-state index is 12.6. The van der Waals surface area contributed by atoms with Crippen LogP contribution in [0.25, 0.3) is 0 Å². The van der Waals surface area contributed by atoms with Crippen LogP contribution >= 0.6 is 0 Å². The van der Waals surface area contributed by atoms with Crippen molar-refractivity contribution in [2.45, 2.75) is 38.1 Å². The smallest absolute Gasteiger partial charge is 0.408 e.